The van der Waals surface area contributed by atoms with Gasteiger partial charge in [0.15, 0.2) is 0 Å². The fourth-order valence-electron chi connectivity index (χ4n) is 3.56. The van der Waals surface area contributed by atoms with Gasteiger partial charge in [-0.3, -0.25) is 4.79 Å². The predicted octanol–water partition coefficient (Wildman–Crippen LogP) is 3.27. The second-order valence-electron chi connectivity index (χ2n) is 6.84. The van der Waals surface area contributed by atoms with E-state index in [0.717, 1.165) is 36.4 Å². The summed E-state index contributed by atoms with van der Waals surface area (Å²) in [5.41, 5.74) is 1.50. The first-order valence-electron chi connectivity index (χ1n) is 9.23. The van der Waals surface area contributed by atoms with E-state index in [1.807, 2.05) is 53.6 Å². The van der Waals surface area contributed by atoms with Crippen molar-refractivity contribution in [3.63, 3.8) is 0 Å². The monoisotopic (exact) mass is 365 g/mol. The number of carbonyl (C=O) groups is 1. The van der Waals surface area contributed by atoms with Crippen molar-refractivity contribution >= 4 is 11.4 Å². The van der Waals surface area contributed by atoms with E-state index >= 15 is 0 Å². The summed E-state index contributed by atoms with van der Waals surface area (Å²) >= 11 is 0. The van der Waals surface area contributed by atoms with Crippen LogP contribution in [0.4, 0.5) is 0 Å². The van der Waals surface area contributed by atoms with Gasteiger partial charge in [0.2, 0.25) is 0 Å². The van der Waals surface area contributed by atoms with Crippen LogP contribution in [0, 0.1) is 5.92 Å². The summed E-state index contributed by atoms with van der Waals surface area (Å²) in [7, 11) is 1.64. The Labute approximate surface area is 158 Å². The molecular formula is C21H23N3O3. The maximum atomic E-state index is 13.0. The Morgan fingerprint density at radius 2 is 2.11 bits per heavy atom. The van der Waals surface area contributed by atoms with Crippen LogP contribution in [0.1, 0.15) is 23.2 Å². The number of amides is 1. The molecule has 2 aromatic heterocycles. The summed E-state index contributed by atoms with van der Waals surface area (Å²) in [5, 5.41) is 4.28. The Hall–Kier alpha value is -3.02. The third kappa shape index (κ3) is 3.74. The molecule has 3 heterocycles. The second-order valence-corrected chi connectivity index (χ2v) is 6.84. The highest BCUT2D eigenvalue weighted by Gasteiger charge is 2.26. The summed E-state index contributed by atoms with van der Waals surface area (Å²) in [6.07, 6.45) is 5.56. The van der Waals surface area contributed by atoms with Crippen molar-refractivity contribution in [2.45, 2.75) is 12.8 Å². The van der Waals surface area contributed by atoms with Crippen LogP contribution in [-0.4, -0.2) is 47.2 Å². The summed E-state index contributed by atoms with van der Waals surface area (Å²) in [6.45, 7) is 2.07. The van der Waals surface area contributed by atoms with Crippen LogP contribution in [0.25, 0.3) is 5.52 Å². The summed E-state index contributed by atoms with van der Waals surface area (Å²) in [5.74, 6) is 1.93. The number of methoxy groups -OCH3 is 1. The van der Waals surface area contributed by atoms with Crippen LogP contribution < -0.4 is 9.47 Å². The minimum atomic E-state index is 0.0438. The molecule has 0 unspecified atom stereocenters. The summed E-state index contributed by atoms with van der Waals surface area (Å²) < 4.78 is 12.9. The zero-order valence-corrected chi connectivity index (χ0v) is 15.4. The van der Waals surface area contributed by atoms with E-state index in [4.69, 9.17) is 9.47 Å². The highest BCUT2D eigenvalue weighted by Crippen LogP contribution is 2.23. The molecule has 1 atom stereocenters. The number of carbonyl (C=O) groups excluding carboxylic acids is 1. The fourth-order valence-corrected chi connectivity index (χ4v) is 3.56. The van der Waals surface area contributed by atoms with Crippen molar-refractivity contribution in [3.05, 3.63) is 60.4 Å². The van der Waals surface area contributed by atoms with Gasteiger partial charge in [-0.15, -0.1) is 0 Å². The van der Waals surface area contributed by atoms with Gasteiger partial charge < -0.3 is 14.4 Å². The average Bonchev–Trinajstić information content (AvgIpc) is 3.16. The molecule has 140 valence electrons. The van der Waals surface area contributed by atoms with Gasteiger partial charge in [0.25, 0.3) is 5.91 Å². The number of rotatable bonds is 5. The van der Waals surface area contributed by atoms with E-state index < -0.39 is 0 Å². The Balaban J connectivity index is 1.41. The topological polar surface area (TPSA) is 56.1 Å². The van der Waals surface area contributed by atoms with Gasteiger partial charge in [-0.05, 0) is 37.1 Å². The van der Waals surface area contributed by atoms with Gasteiger partial charge in [-0.2, -0.15) is 5.10 Å². The van der Waals surface area contributed by atoms with Crippen LogP contribution >= 0.6 is 0 Å². The lowest BCUT2D eigenvalue weighted by molar-refractivity contribution is 0.0635. The first-order valence-corrected chi connectivity index (χ1v) is 9.23. The highest BCUT2D eigenvalue weighted by molar-refractivity contribution is 6.00. The number of hydrogen-bond acceptors (Lipinski definition) is 4. The zero-order valence-electron chi connectivity index (χ0n) is 15.4. The third-order valence-electron chi connectivity index (χ3n) is 4.99. The molecule has 1 fully saturated rings. The maximum Gasteiger partial charge on any atom is 0.257 e. The fraction of sp³-hybridized carbons (Fsp3) is 0.333. The molecular weight excluding hydrogens is 342 g/mol. The summed E-state index contributed by atoms with van der Waals surface area (Å²) in [4.78, 5) is 14.9. The van der Waals surface area contributed by atoms with Crippen molar-refractivity contribution < 1.29 is 14.3 Å². The molecule has 6 heteroatoms. The van der Waals surface area contributed by atoms with E-state index in [2.05, 4.69) is 5.10 Å². The van der Waals surface area contributed by atoms with Gasteiger partial charge in [0, 0.05) is 31.3 Å². The van der Waals surface area contributed by atoms with Crippen LogP contribution in [0.2, 0.25) is 0 Å². The predicted molar refractivity (Wildman–Crippen MR) is 102 cm³/mol. The van der Waals surface area contributed by atoms with E-state index in [0.29, 0.717) is 24.6 Å². The molecule has 1 aliphatic rings. The normalized spacial score (nSPS) is 17.1. The Morgan fingerprint density at radius 3 is 3.00 bits per heavy atom. The molecule has 0 aliphatic carbocycles. The number of aromatic nitrogens is 2. The average molecular weight is 365 g/mol. The van der Waals surface area contributed by atoms with Crippen molar-refractivity contribution in [1.82, 2.24) is 14.5 Å². The molecule has 1 aromatic carbocycles. The Kier molecular flexibility index (Phi) is 4.96. The van der Waals surface area contributed by atoms with Gasteiger partial charge in [0.1, 0.15) is 11.5 Å². The number of likely N-dealkylation sites (tertiary alicyclic amines) is 1. The van der Waals surface area contributed by atoms with E-state index in [1.165, 1.54) is 0 Å². The molecule has 27 heavy (non-hydrogen) atoms. The van der Waals surface area contributed by atoms with Crippen LogP contribution in [0.15, 0.2) is 54.9 Å². The smallest absolute Gasteiger partial charge is 0.257 e. The quantitative estimate of drug-likeness (QED) is 0.696. The van der Waals surface area contributed by atoms with Crippen LogP contribution in [-0.2, 0) is 0 Å². The lowest BCUT2D eigenvalue weighted by Gasteiger charge is -2.32. The van der Waals surface area contributed by atoms with Crippen molar-refractivity contribution in [2.75, 3.05) is 26.8 Å². The number of benzene rings is 1. The maximum absolute atomic E-state index is 13.0. The standard InChI is InChI=1S/C21H23N3O3/c1-26-17-7-4-8-18(12-17)27-15-16-6-5-10-23(14-16)21(25)19-13-22-24-11-3-2-9-20(19)24/h2-4,7-9,11-13,16H,5-6,10,14-15H2,1H3/t16-/m1/s1. The van der Waals surface area contributed by atoms with Gasteiger partial charge in [-0.25, -0.2) is 4.52 Å². The molecule has 6 nitrogen and oxygen atoms in total. The van der Waals surface area contributed by atoms with Crippen LogP contribution in [0.5, 0.6) is 11.5 Å². The largest absolute Gasteiger partial charge is 0.497 e. The molecule has 4 rings (SSSR count). The lowest BCUT2D eigenvalue weighted by Crippen LogP contribution is -2.41. The summed E-state index contributed by atoms with van der Waals surface area (Å²) in [6, 6.07) is 13.4. The molecule has 0 bridgehead atoms. The number of nitrogens with zero attached hydrogens (tertiary/aromatic N) is 3. The highest BCUT2D eigenvalue weighted by atomic mass is 16.5. The molecule has 1 saturated heterocycles. The number of pyridine rings is 1. The Bertz CT molecular complexity index is 937. The van der Waals surface area contributed by atoms with Crippen molar-refractivity contribution in [1.29, 1.82) is 0 Å². The van der Waals surface area contributed by atoms with Gasteiger partial charge in [-0.1, -0.05) is 12.1 Å². The Morgan fingerprint density at radius 1 is 1.22 bits per heavy atom. The van der Waals surface area contributed by atoms with E-state index in [1.54, 1.807) is 17.8 Å². The van der Waals surface area contributed by atoms with Crippen LogP contribution in [0.3, 0.4) is 0 Å². The molecule has 1 amide bonds. The molecule has 0 spiro atoms. The minimum Gasteiger partial charge on any atom is -0.497 e. The van der Waals surface area contributed by atoms with E-state index in [-0.39, 0.29) is 5.91 Å². The van der Waals surface area contributed by atoms with Gasteiger partial charge >= 0.3 is 0 Å². The molecule has 1 aliphatic heterocycles. The zero-order chi connectivity index (χ0) is 18.6. The number of fused-ring (bicyclic) bond motifs is 1. The lowest BCUT2D eigenvalue weighted by atomic mass is 9.98. The second kappa shape index (κ2) is 7.70. The molecule has 0 saturated carbocycles. The van der Waals surface area contributed by atoms with Crippen molar-refractivity contribution in [3.8, 4) is 11.5 Å². The molecule has 3 aromatic rings. The third-order valence-corrected chi connectivity index (χ3v) is 4.99. The number of ether oxygens (including phenoxy) is 2. The van der Waals surface area contributed by atoms with Gasteiger partial charge in [0.05, 0.1) is 31.0 Å². The first-order chi connectivity index (χ1) is 13.2. The van der Waals surface area contributed by atoms with E-state index in [9.17, 15) is 4.79 Å². The van der Waals surface area contributed by atoms with Crippen molar-refractivity contribution in [2.24, 2.45) is 5.92 Å². The minimum absolute atomic E-state index is 0.0438. The molecule has 0 radical (unpaired) electrons. The number of piperidine rings is 1. The molecule has 0 N–H and O–H groups in total. The SMILES string of the molecule is COc1cccc(OC[C@@H]2CCCN(C(=O)c3cnn4ccccc34)C2)c1. The first kappa shape index (κ1) is 17.4. The number of hydrogen-bond donors (Lipinski definition) is 0.